The van der Waals surface area contributed by atoms with Crippen LogP contribution in [0.3, 0.4) is 0 Å². The number of hydrogen-bond acceptors (Lipinski definition) is 2. The monoisotopic (exact) mass is 219 g/mol. The second-order valence-corrected chi connectivity index (χ2v) is 6.43. The van der Waals surface area contributed by atoms with Crippen molar-refractivity contribution in [3.8, 4) is 0 Å². The Morgan fingerprint density at radius 2 is 2.07 bits per heavy atom. The van der Waals surface area contributed by atoms with Gasteiger partial charge in [-0.1, -0.05) is 26.2 Å². The van der Waals surface area contributed by atoms with Gasteiger partial charge in [0, 0.05) is 6.54 Å². The van der Waals surface area contributed by atoms with Gasteiger partial charge in [-0.15, -0.1) is 0 Å². The van der Waals surface area contributed by atoms with E-state index in [1.165, 1.54) is 31.9 Å². The molecule has 0 aliphatic heterocycles. The highest BCUT2D eigenvalue weighted by atomic mass is 32.2. The largest absolute Gasteiger partial charge is 0.215 e. The van der Waals surface area contributed by atoms with Gasteiger partial charge in [0.15, 0.2) is 0 Å². The van der Waals surface area contributed by atoms with Gasteiger partial charge in [-0.3, -0.25) is 0 Å². The fraction of sp³-hybridized carbons (Fsp3) is 1.00. The second kappa shape index (κ2) is 5.12. The molecule has 3 nitrogen and oxygen atoms in total. The fourth-order valence-electron chi connectivity index (χ4n) is 2.27. The van der Waals surface area contributed by atoms with Crippen molar-refractivity contribution in [1.29, 1.82) is 0 Å². The Balaban J connectivity index is 2.18. The molecule has 14 heavy (non-hydrogen) atoms. The fourth-order valence-corrected chi connectivity index (χ4v) is 2.76. The summed E-state index contributed by atoms with van der Waals surface area (Å²) in [6.45, 7) is 2.90. The van der Waals surface area contributed by atoms with E-state index in [1.807, 2.05) is 0 Å². The minimum atomic E-state index is -2.99. The van der Waals surface area contributed by atoms with Gasteiger partial charge in [0.1, 0.15) is 0 Å². The molecule has 0 spiro atoms. The second-order valence-electron chi connectivity index (χ2n) is 4.59. The zero-order valence-electron chi connectivity index (χ0n) is 9.12. The Bertz CT molecular complexity index is 261. The lowest BCUT2D eigenvalue weighted by molar-refractivity contribution is 0.271. The highest BCUT2D eigenvalue weighted by molar-refractivity contribution is 7.88. The highest BCUT2D eigenvalue weighted by Gasteiger charge is 2.18. The van der Waals surface area contributed by atoms with E-state index in [2.05, 4.69) is 11.6 Å². The van der Waals surface area contributed by atoms with Crippen LogP contribution in [0.25, 0.3) is 0 Å². The maximum atomic E-state index is 10.8. The first kappa shape index (κ1) is 12.0. The third kappa shape index (κ3) is 4.96. The standard InChI is InChI=1S/C10H21NO2S/c1-9-4-3-5-10(8-9)6-7-11-14(2,12)13/h9-11H,3-8H2,1-2H3/t9-,10+/m1/s1. The van der Waals surface area contributed by atoms with Crippen molar-refractivity contribution in [1.82, 2.24) is 4.72 Å². The van der Waals surface area contributed by atoms with Crippen molar-refractivity contribution >= 4 is 10.0 Å². The normalized spacial score (nSPS) is 29.0. The van der Waals surface area contributed by atoms with Crippen LogP contribution in [0.2, 0.25) is 0 Å². The Kier molecular flexibility index (Phi) is 4.38. The summed E-state index contributed by atoms with van der Waals surface area (Å²) in [5.74, 6) is 1.56. The maximum absolute atomic E-state index is 10.8. The minimum Gasteiger partial charge on any atom is -0.215 e. The van der Waals surface area contributed by atoms with Crippen LogP contribution in [0, 0.1) is 11.8 Å². The molecule has 1 rings (SSSR count). The van der Waals surface area contributed by atoms with Crippen LogP contribution >= 0.6 is 0 Å². The van der Waals surface area contributed by atoms with Crippen LogP contribution in [0.15, 0.2) is 0 Å². The van der Waals surface area contributed by atoms with Gasteiger partial charge < -0.3 is 0 Å². The SMILES string of the molecule is C[C@@H]1CCC[C@@H](CCNS(C)(=O)=O)C1. The van der Waals surface area contributed by atoms with E-state index < -0.39 is 10.0 Å². The van der Waals surface area contributed by atoms with E-state index in [0.29, 0.717) is 6.54 Å². The summed E-state index contributed by atoms with van der Waals surface area (Å²) in [6, 6.07) is 0. The molecular weight excluding hydrogens is 198 g/mol. The molecule has 1 aliphatic carbocycles. The first-order valence-corrected chi connectivity index (χ1v) is 7.31. The Morgan fingerprint density at radius 3 is 2.64 bits per heavy atom. The van der Waals surface area contributed by atoms with E-state index >= 15 is 0 Å². The van der Waals surface area contributed by atoms with Gasteiger partial charge in [0.25, 0.3) is 0 Å². The molecule has 0 bridgehead atoms. The molecule has 1 fully saturated rings. The topological polar surface area (TPSA) is 46.2 Å². The molecule has 0 radical (unpaired) electrons. The van der Waals surface area contributed by atoms with Gasteiger partial charge >= 0.3 is 0 Å². The summed E-state index contributed by atoms with van der Waals surface area (Å²) in [7, 11) is -2.99. The quantitative estimate of drug-likeness (QED) is 0.783. The zero-order valence-corrected chi connectivity index (χ0v) is 9.94. The predicted molar refractivity (Wildman–Crippen MR) is 58.6 cm³/mol. The van der Waals surface area contributed by atoms with Crippen molar-refractivity contribution in [3.05, 3.63) is 0 Å². The molecule has 4 heteroatoms. The molecule has 2 atom stereocenters. The lowest BCUT2D eigenvalue weighted by Gasteiger charge is -2.26. The maximum Gasteiger partial charge on any atom is 0.208 e. The number of rotatable bonds is 4. The molecule has 0 aromatic carbocycles. The molecule has 0 amide bonds. The van der Waals surface area contributed by atoms with Crippen LogP contribution in [-0.4, -0.2) is 21.2 Å². The van der Waals surface area contributed by atoms with Gasteiger partial charge in [0.05, 0.1) is 6.26 Å². The Labute approximate surface area is 87.3 Å². The van der Waals surface area contributed by atoms with E-state index in [-0.39, 0.29) is 0 Å². The summed E-state index contributed by atoms with van der Waals surface area (Å²) in [5, 5.41) is 0. The molecule has 1 N–H and O–H groups in total. The zero-order chi connectivity index (χ0) is 10.6. The molecular formula is C10H21NO2S. The van der Waals surface area contributed by atoms with E-state index in [9.17, 15) is 8.42 Å². The summed E-state index contributed by atoms with van der Waals surface area (Å²) >= 11 is 0. The lowest BCUT2D eigenvalue weighted by atomic mass is 9.81. The summed E-state index contributed by atoms with van der Waals surface area (Å²) in [4.78, 5) is 0. The van der Waals surface area contributed by atoms with Crippen LogP contribution < -0.4 is 4.72 Å². The van der Waals surface area contributed by atoms with Crippen molar-refractivity contribution in [2.24, 2.45) is 11.8 Å². The third-order valence-corrected chi connectivity index (χ3v) is 3.69. The van der Waals surface area contributed by atoms with Crippen LogP contribution in [0.4, 0.5) is 0 Å². The molecule has 0 saturated heterocycles. The molecule has 0 heterocycles. The van der Waals surface area contributed by atoms with Crippen molar-refractivity contribution < 1.29 is 8.42 Å². The summed E-state index contributed by atoms with van der Waals surface area (Å²) in [5.41, 5.74) is 0. The van der Waals surface area contributed by atoms with Crippen LogP contribution in [0.1, 0.15) is 39.0 Å². The number of sulfonamides is 1. The third-order valence-electron chi connectivity index (χ3n) is 2.96. The molecule has 84 valence electrons. The van der Waals surface area contributed by atoms with Crippen LogP contribution in [0.5, 0.6) is 0 Å². The predicted octanol–water partition coefficient (Wildman–Crippen LogP) is 1.75. The first-order valence-electron chi connectivity index (χ1n) is 5.42. The first-order chi connectivity index (χ1) is 6.47. The van der Waals surface area contributed by atoms with E-state index in [4.69, 9.17) is 0 Å². The highest BCUT2D eigenvalue weighted by Crippen LogP contribution is 2.30. The van der Waals surface area contributed by atoms with Gasteiger partial charge in [-0.25, -0.2) is 13.1 Å². The van der Waals surface area contributed by atoms with Crippen molar-refractivity contribution in [3.63, 3.8) is 0 Å². The van der Waals surface area contributed by atoms with Crippen molar-refractivity contribution in [2.75, 3.05) is 12.8 Å². The summed E-state index contributed by atoms with van der Waals surface area (Å²) < 4.78 is 24.2. The molecule has 1 aliphatic rings. The lowest BCUT2D eigenvalue weighted by Crippen LogP contribution is -2.26. The van der Waals surface area contributed by atoms with Crippen LogP contribution in [-0.2, 0) is 10.0 Å². The van der Waals surface area contributed by atoms with Gasteiger partial charge in [-0.2, -0.15) is 0 Å². The van der Waals surface area contributed by atoms with Gasteiger partial charge in [0.2, 0.25) is 10.0 Å². The molecule has 1 saturated carbocycles. The Morgan fingerprint density at radius 1 is 1.36 bits per heavy atom. The minimum absolute atomic E-state index is 0.607. The van der Waals surface area contributed by atoms with Gasteiger partial charge in [-0.05, 0) is 24.7 Å². The van der Waals surface area contributed by atoms with Crippen molar-refractivity contribution in [2.45, 2.75) is 39.0 Å². The Hall–Kier alpha value is -0.0900. The smallest absolute Gasteiger partial charge is 0.208 e. The van der Waals surface area contributed by atoms with E-state index in [0.717, 1.165) is 18.3 Å². The molecule has 0 unspecified atom stereocenters. The molecule has 0 aromatic heterocycles. The average molecular weight is 219 g/mol. The number of nitrogens with one attached hydrogen (secondary N) is 1. The van der Waals surface area contributed by atoms with E-state index in [1.54, 1.807) is 0 Å². The average Bonchev–Trinajstić information content (AvgIpc) is 2.01. The summed E-state index contributed by atoms with van der Waals surface area (Å²) in [6.07, 6.45) is 7.41. The molecule has 0 aromatic rings. The number of hydrogen-bond donors (Lipinski definition) is 1.